The molecule has 1 N–H and O–H groups in total. The number of nitrogens with one attached hydrogen (secondary N) is 1. The van der Waals surface area contributed by atoms with E-state index in [0.29, 0.717) is 17.0 Å². The van der Waals surface area contributed by atoms with Gasteiger partial charge in [0.2, 0.25) is 0 Å². The van der Waals surface area contributed by atoms with Crippen molar-refractivity contribution in [1.29, 1.82) is 0 Å². The van der Waals surface area contributed by atoms with E-state index < -0.39 is 0 Å². The summed E-state index contributed by atoms with van der Waals surface area (Å²) in [6, 6.07) is 8.22. The Labute approximate surface area is 117 Å². The number of pyridine rings is 1. The first-order valence-corrected chi connectivity index (χ1v) is 6.48. The molecule has 4 heteroatoms. The molecule has 0 aliphatic heterocycles. The van der Waals surface area contributed by atoms with E-state index >= 15 is 0 Å². The van der Waals surface area contributed by atoms with Crippen LogP contribution in [0.25, 0.3) is 0 Å². The lowest BCUT2D eigenvalue weighted by atomic mass is 10.0. The third-order valence-electron chi connectivity index (χ3n) is 3.23. The molecule has 104 valence electrons. The molecule has 0 atom stereocenters. The normalized spacial score (nSPS) is 10.3. The number of aryl methyl sites for hydroxylation is 2. The van der Waals surface area contributed by atoms with Crippen molar-refractivity contribution in [2.75, 3.05) is 7.11 Å². The fourth-order valence-corrected chi connectivity index (χ4v) is 2.11. The molecule has 20 heavy (non-hydrogen) atoms. The first-order valence-electron chi connectivity index (χ1n) is 6.48. The highest BCUT2D eigenvalue weighted by atomic mass is 16.5. The minimum Gasteiger partial charge on any atom is -0.497 e. The Balaban J connectivity index is 2.45. The highest BCUT2D eigenvalue weighted by Gasteiger charge is 2.16. The van der Waals surface area contributed by atoms with Crippen LogP contribution < -0.4 is 10.2 Å². The van der Waals surface area contributed by atoms with Crippen molar-refractivity contribution in [3.63, 3.8) is 0 Å². The van der Waals surface area contributed by atoms with E-state index in [1.165, 1.54) is 6.07 Å². The lowest BCUT2D eigenvalue weighted by molar-refractivity contribution is 0.103. The van der Waals surface area contributed by atoms with Crippen molar-refractivity contribution >= 4 is 5.78 Å². The molecule has 2 rings (SSSR count). The van der Waals surface area contributed by atoms with Crippen molar-refractivity contribution in [2.24, 2.45) is 0 Å². The number of aromatic amines is 1. The average molecular weight is 271 g/mol. The molecule has 0 fully saturated rings. The smallest absolute Gasteiger partial charge is 0.198 e. The lowest BCUT2D eigenvalue weighted by Gasteiger charge is -2.07. The molecular weight excluding hydrogens is 254 g/mol. The Morgan fingerprint density at radius 1 is 1.25 bits per heavy atom. The van der Waals surface area contributed by atoms with Gasteiger partial charge < -0.3 is 9.72 Å². The van der Waals surface area contributed by atoms with E-state index in [0.717, 1.165) is 12.1 Å². The quantitative estimate of drug-likeness (QED) is 0.869. The number of hydrogen-bond donors (Lipinski definition) is 1. The molecule has 0 spiro atoms. The van der Waals surface area contributed by atoms with Gasteiger partial charge in [-0.3, -0.25) is 9.59 Å². The SMILES string of the molecule is CCc1cc(=O)c(C(=O)c2ccc(OC)cc2)c(C)[nH]1. The summed E-state index contributed by atoms with van der Waals surface area (Å²) in [5.74, 6) is 0.405. The molecular formula is C16H17NO3. The van der Waals surface area contributed by atoms with Crippen molar-refractivity contribution in [1.82, 2.24) is 4.98 Å². The molecule has 0 amide bonds. The minimum atomic E-state index is -0.269. The Bertz CT molecular complexity index is 684. The summed E-state index contributed by atoms with van der Waals surface area (Å²) in [6.45, 7) is 3.70. The molecule has 1 aromatic carbocycles. The van der Waals surface area contributed by atoms with Crippen LogP contribution >= 0.6 is 0 Å². The van der Waals surface area contributed by atoms with Gasteiger partial charge in [0.15, 0.2) is 11.2 Å². The van der Waals surface area contributed by atoms with Crippen LogP contribution in [-0.4, -0.2) is 17.9 Å². The standard InChI is InChI=1S/C16H17NO3/c1-4-12-9-14(18)15(10(2)17-12)16(19)11-5-7-13(20-3)8-6-11/h5-9H,4H2,1-3H3,(H,17,18). The first-order chi connectivity index (χ1) is 9.56. The highest BCUT2D eigenvalue weighted by Crippen LogP contribution is 2.15. The number of carbonyl (C=O) groups excluding carboxylic acids is 1. The van der Waals surface area contributed by atoms with Crippen LogP contribution in [-0.2, 0) is 6.42 Å². The van der Waals surface area contributed by atoms with Crippen molar-refractivity contribution < 1.29 is 9.53 Å². The molecule has 4 nitrogen and oxygen atoms in total. The Kier molecular flexibility index (Phi) is 4.03. The second-order valence-corrected chi connectivity index (χ2v) is 4.57. The molecule has 0 aliphatic carbocycles. The summed E-state index contributed by atoms with van der Waals surface area (Å²) in [5.41, 5.74) is 1.88. The maximum atomic E-state index is 12.4. The monoisotopic (exact) mass is 271 g/mol. The van der Waals surface area contributed by atoms with Crippen molar-refractivity contribution in [2.45, 2.75) is 20.3 Å². The summed E-state index contributed by atoms with van der Waals surface area (Å²) in [7, 11) is 1.56. The molecule has 0 bridgehead atoms. The Hall–Kier alpha value is -2.36. The van der Waals surface area contributed by atoms with Gasteiger partial charge in [0, 0.05) is 23.0 Å². The molecule has 0 saturated carbocycles. The van der Waals surface area contributed by atoms with Crippen LogP contribution in [0.2, 0.25) is 0 Å². The zero-order valence-electron chi connectivity index (χ0n) is 11.8. The second-order valence-electron chi connectivity index (χ2n) is 4.57. The lowest BCUT2D eigenvalue weighted by Crippen LogP contribution is -2.19. The molecule has 1 aromatic heterocycles. The number of ether oxygens (including phenoxy) is 1. The van der Waals surface area contributed by atoms with Crippen LogP contribution in [0.1, 0.15) is 34.2 Å². The number of rotatable bonds is 4. The molecule has 1 heterocycles. The van der Waals surface area contributed by atoms with E-state index in [-0.39, 0.29) is 16.8 Å². The van der Waals surface area contributed by atoms with Gasteiger partial charge in [0.25, 0.3) is 0 Å². The summed E-state index contributed by atoms with van der Waals surface area (Å²) >= 11 is 0. The van der Waals surface area contributed by atoms with Crippen LogP contribution in [0.15, 0.2) is 35.1 Å². The van der Waals surface area contributed by atoms with Gasteiger partial charge in [-0.1, -0.05) is 6.92 Å². The van der Waals surface area contributed by atoms with E-state index in [9.17, 15) is 9.59 Å². The van der Waals surface area contributed by atoms with Crippen LogP contribution in [0.4, 0.5) is 0 Å². The second kappa shape index (κ2) is 5.74. The van der Waals surface area contributed by atoms with Gasteiger partial charge in [-0.05, 0) is 37.6 Å². The largest absolute Gasteiger partial charge is 0.497 e. The number of ketones is 1. The summed E-state index contributed by atoms with van der Waals surface area (Å²) in [6.07, 6.45) is 0.729. The molecule has 2 aromatic rings. The van der Waals surface area contributed by atoms with Gasteiger partial charge in [0.05, 0.1) is 12.7 Å². The maximum Gasteiger partial charge on any atom is 0.198 e. The summed E-state index contributed by atoms with van der Waals surface area (Å²) in [4.78, 5) is 27.6. The fourth-order valence-electron chi connectivity index (χ4n) is 2.11. The predicted octanol–water partition coefficient (Wildman–Crippen LogP) is 2.49. The van der Waals surface area contributed by atoms with E-state index in [1.54, 1.807) is 38.3 Å². The number of H-pyrrole nitrogens is 1. The molecule has 0 aliphatic rings. The van der Waals surface area contributed by atoms with Crippen molar-refractivity contribution in [3.05, 3.63) is 63.1 Å². The number of methoxy groups -OCH3 is 1. The Morgan fingerprint density at radius 3 is 2.40 bits per heavy atom. The van der Waals surface area contributed by atoms with E-state index in [2.05, 4.69) is 4.98 Å². The van der Waals surface area contributed by atoms with Crippen LogP contribution in [0.5, 0.6) is 5.75 Å². The van der Waals surface area contributed by atoms with Gasteiger partial charge in [-0.15, -0.1) is 0 Å². The van der Waals surface area contributed by atoms with Gasteiger partial charge >= 0.3 is 0 Å². The first kappa shape index (κ1) is 14.1. The third-order valence-corrected chi connectivity index (χ3v) is 3.23. The van der Waals surface area contributed by atoms with Crippen LogP contribution in [0.3, 0.4) is 0 Å². The maximum absolute atomic E-state index is 12.4. The molecule has 0 unspecified atom stereocenters. The fraction of sp³-hybridized carbons (Fsp3) is 0.250. The molecule has 0 radical (unpaired) electrons. The van der Waals surface area contributed by atoms with Crippen molar-refractivity contribution in [3.8, 4) is 5.75 Å². The van der Waals surface area contributed by atoms with E-state index in [4.69, 9.17) is 4.74 Å². The zero-order valence-corrected chi connectivity index (χ0v) is 11.8. The topological polar surface area (TPSA) is 59.2 Å². The highest BCUT2D eigenvalue weighted by molar-refractivity contribution is 6.09. The zero-order chi connectivity index (χ0) is 14.7. The predicted molar refractivity (Wildman–Crippen MR) is 77.6 cm³/mol. The number of carbonyl (C=O) groups is 1. The number of hydrogen-bond acceptors (Lipinski definition) is 3. The third kappa shape index (κ3) is 2.64. The summed E-state index contributed by atoms with van der Waals surface area (Å²) in [5, 5.41) is 0. The molecule has 0 saturated heterocycles. The van der Waals surface area contributed by atoms with E-state index in [1.807, 2.05) is 6.92 Å². The average Bonchev–Trinajstić information content (AvgIpc) is 2.46. The van der Waals surface area contributed by atoms with Gasteiger partial charge in [-0.2, -0.15) is 0 Å². The Morgan fingerprint density at radius 2 is 1.90 bits per heavy atom. The summed E-state index contributed by atoms with van der Waals surface area (Å²) < 4.78 is 5.05. The van der Waals surface area contributed by atoms with Gasteiger partial charge in [0.1, 0.15) is 5.75 Å². The minimum absolute atomic E-state index is 0.201. The van der Waals surface area contributed by atoms with Crippen LogP contribution in [0, 0.1) is 6.92 Å². The number of benzene rings is 1. The van der Waals surface area contributed by atoms with Gasteiger partial charge in [-0.25, -0.2) is 0 Å². The number of aromatic nitrogens is 1.